The molecular formula is C14H13F3N4O. The quantitative estimate of drug-likeness (QED) is 0.301. The van der Waals surface area contributed by atoms with Gasteiger partial charge in [-0.05, 0) is 29.8 Å². The third-order valence-corrected chi connectivity index (χ3v) is 2.90. The van der Waals surface area contributed by atoms with Gasteiger partial charge in [0.2, 0.25) is 0 Å². The Bertz CT molecular complexity index is 732. The van der Waals surface area contributed by atoms with Crippen molar-refractivity contribution in [3.05, 3.63) is 59.5 Å². The molecule has 0 saturated carbocycles. The summed E-state index contributed by atoms with van der Waals surface area (Å²) in [7, 11) is 0. The van der Waals surface area contributed by atoms with Gasteiger partial charge in [-0.2, -0.15) is 0 Å². The molecule has 2 aromatic rings. The second-order valence-electron chi connectivity index (χ2n) is 4.46. The van der Waals surface area contributed by atoms with Crippen LogP contribution in [0.1, 0.15) is 5.56 Å². The molecule has 7 N–H and O–H groups in total. The molecule has 0 heterocycles. The van der Waals surface area contributed by atoms with Crippen molar-refractivity contribution < 1.29 is 18.3 Å². The Labute approximate surface area is 124 Å². The van der Waals surface area contributed by atoms with Gasteiger partial charge in [-0.25, -0.2) is 19.0 Å². The van der Waals surface area contributed by atoms with Gasteiger partial charge in [-0.15, -0.1) is 0 Å². The number of anilines is 2. The molecule has 0 aliphatic heterocycles. The highest BCUT2D eigenvalue weighted by atomic mass is 19.2. The van der Waals surface area contributed by atoms with Crippen molar-refractivity contribution in [1.82, 2.24) is 0 Å². The summed E-state index contributed by atoms with van der Waals surface area (Å²) in [5, 5.41) is 9.85. The van der Waals surface area contributed by atoms with Crippen LogP contribution in [0.2, 0.25) is 0 Å². The minimum Gasteiger partial charge on any atom is -0.508 e. The first-order chi connectivity index (χ1) is 10.3. The molecule has 8 heteroatoms. The minimum atomic E-state index is -1.68. The average molecular weight is 310 g/mol. The standard InChI is InChI=1S/C14H13F3N4O/c15-9-5-10(18)14(13(17)12(9)16)21(20)6-11(19)7-1-3-8(22)4-2-7/h1-6,22H,18-20H2/b11-6-. The SMILES string of the molecule is N/C(=C\N(N)c1c(N)cc(F)c(F)c1F)c1ccc(O)cc1. The summed E-state index contributed by atoms with van der Waals surface area (Å²) in [5.74, 6) is 1.02. The van der Waals surface area contributed by atoms with E-state index < -0.39 is 23.1 Å². The van der Waals surface area contributed by atoms with Crippen LogP contribution < -0.4 is 22.3 Å². The number of aromatic hydroxyl groups is 1. The lowest BCUT2D eigenvalue weighted by Crippen LogP contribution is -2.28. The number of nitrogens with zero attached hydrogens (tertiary/aromatic N) is 1. The fourth-order valence-corrected chi connectivity index (χ4v) is 1.81. The number of phenolic OH excluding ortho intramolecular Hbond substituents is 1. The lowest BCUT2D eigenvalue weighted by atomic mass is 10.1. The Balaban J connectivity index is 2.40. The molecule has 0 amide bonds. The Morgan fingerprint density at radius 3 is 2.27 bits per heavy atom. The van der Waals surface area contributed by atoms with Gasteiger partial charge in [0.1, 0.15) is 11.4 Å². The molecule has 0 radical (unpaired) electrons. The van der Waals surface area contributed by atoms with Gasteiger partial charge < -0.3 is 16.6 Å². The van der Waals surface area contributed by atoms with E-state index in [4.69, 9.17) is 17.3 Å². The third kappa shape index (κ3) is 2.91. The monoisotopic (exact) mass is 310 g/mol. The maximum Gasteiger partial charge on any atom is 0.196 e. The first-order valence-electron chi connectivity index (χ1n) is 6.05. The topological polar surface area (TPSA) is 102 Å². The van der Waals surface area contributed by atoms with Crippen molar-refractivity contribution in [2.75, 3.05) is 10.7 Å². The lowest BCUT2D eigenvalue weighted by molar-refractivity contribution is 0.448. The minimum absolute atomic E-state index is 0.0389. The number of hydrogen-bond donors (Lipinski definition) is 4. The number of rotatable bonds is 3. The number of hydrogen-bond acceptors (Lipinski definition) is 5. The van der Waals surface area contributed by atoms with Gasteiger partial charge in [0, 0.05) is 12.3 Å². The number of phenols is 1. The van der Waals surface area contributed by atoms with E-state index in [9.17, 15) is 18.3 Å². The molecule has 0 saturated heterocycles. The first-order valence-corrected chi connectivity index (χ1v) is 6.05. The molecule has 0 unspecified atom stereocenters. The van der Waals surface area contributed by atoms with Crippen LogP contribution in [-0.2, 0) is 0 Å². The largest absolute Gasteiger partial charge is 0.508 e. The molecule has 0 aliphatic carbocycles. The predicted octanol–water partition coefficient (Wildman–Crippen LogP) is 2.03. The highest BCUT2D eigenvalue weighted by Gasteiger charge is 2.20. The van der Waals surface area contributed by atoms with Gasteiger partial charge in [-0.1, -0.05) is 0 Å². The lowest BCUT2D eigenvalue weighted by Gasteiger charge is -2.18. The van der Waals surface area contributed by atoms with E-state index in [1.54, 1.807) is 0 Å². The average Bonchev–Trinajstić information content (AvgIpc) is 2.45. The van der Waals surface area contributed by atoms with Crippen LogP contribution in [-0.4, -0.2) is 5.11 Å². The molecule has 2 aromatic carbocycles. The van der Waals surface area contributed by atoms with E-state index in [2.05, 4.69) is 0 Å². The molecule has 0 atom stereocenters. The van der Waals surface area contributed by atoms with E-state index >= 15 is 0 Å². The molecule has 2 rings (SSSR count). The van der Waals surface area contributed by atoms with Gasteiger partial charge in [0.25, 0.3) is 0 Å². The van der Waals surface area contributed by atoms with E-state index in [0.29, 0.717) is 16.6 Å². The summed E-state index contributed by atoms with van der Waals surface area (Å²) in [6, 6.07) is 6.41. The summed E-state index contributed by atoms with van der Waals surface area (Å²) in [6.07, 6.45) is 1.10. The molecule has 22 heavy (non-hydrogen) atoms. The maximum absolute atomic E-state index is 13.8. The van der Waals surface area contributed by atoms with Crippen LogP contribution in [0, 0.1) is 17.5 Å². The second kappa shape index (κ2) is 5.86. The summed E-state index contributed by atoms with van der Waals surface area (Å²) in [4.78, 5) is 0. The number of benzene rings is 2. The molecule has 0 fully saturated rings. The van der Waals surface area contributed by atoms with Crippen LogP contribution in [0.15, 0.2) is 36.5 Å². The van der Waals surface area contributed by atoms with Crippen LogP contribution in [0.25, 0.3) is 5.70 Å². The van der Waals surface area contributed by atoms with E-state index in [1.165, 1.54) is 24.3 Å². The Kier molecular flexibility index (Phi) is 4.13. The van der Waals surface area contributed by atoms with E-state index in [1.807, 2.05) is 0 Å². The van der Waals surface area contributed by atoms with Crippen LogP contribution in [0.4, 0.5) is 24.5 Å². The summed E-state index contributed by atoms with van der Waals surface area (Å²) in [5.41, 5.74) is 10.9. The number of nitrogen functional groups attached to an aromatic ring is 1. The van der Waals surface area contributed by atoms with Gasteiger partial charge >= 0.3 is 0 Å². The van der Waals surface area contributed by atoms with Crippen LogP contribution >= 0.6 is 0 Å². The van der Waals surface area contributed by atoms with Gasteiger partial charge in [-0.3, -0.25) is 5.01 Å². The molecular weight excluding hydrogens is 297 g/mol. The number of halogens is 3. The Morgan fingerprint density at radius 1 is 1.09 bits per heavy atom. The number of hydrazine groups is 1. The number of nitrogens with two attached hydrogens (primary N) is 3. The van der Waals surface area contributed by atoms with Crippen molar-refractivity contribution in [2.45, 2.75) is 0 Å². The van der Waals surface area contributed by atoms with Crippen LogP contribution in [0.5, 0.6) is 5.75 Å². The zero-order chi connectivity index (χ0) is 16.4. The Hall–Kier alpha value is -2.87. The maximum atomic E-state index is 13.8. The molecule has 0 aromatic heterocycles. The molecule has 0 spiro atoms. The highest BCUT2D eigenvalue weighted by Crippen LogP contribution is 2.29. The summed E-state index contributed by atoms with van der Waals surface area (Å²) < 4.78 is 40.1. The highest BCUT2D eigenvalue weighted by molar-refractivity contribution is 5.73. The zero-order valence-electron chi connectivity index (χ0n) is 11.2. The molecule has 116 valence electrons. The van der Waals surface area contributed by atoms with Crippen molar-refractivity contribution in [1.29, 1.82) is 0 Å². The third-order valence-electron chi connectivity index (χ3n) is 2.90. The normalized spacial score (nSPS) is 11.5. The summed E-state index contributed by atoms with van der Waals surface area (Å²) >= 11 is 0. The van der Waals surface area contributed by atoms with E-state index in [0.717, 1.165) is 6.20 Å². The van der Waals surface area contributed by atoms with Crippen molar-refractivity contribution in [3.63, 3.8) is 0 Å². The van der Waals surface area contributed by atoms with Crippen molar-refractivity contribution in [3.8, 4) is 5.75 Å². The van der Waals surface area contributed by atoms with Crippen molar-refractivity contribution in [2.24, 2.45) is 11.6 Å². The predicted molar refractivity (Wildman–Crippen MR) is 77.7 cm³/mol. The van der Waals surface area contributed by atoms with E-state index in [-0.39, 0.29) is 17.1 Å². The van der Waals surface area contributed by atoms with Crippen LogP contribution in [0.3, 0.4) is 0 Å². The molecule has 0 bridgehead atoms. The smallest absolute Gasteiger partial charge is 0.196 e. The first kappa shape index (κ1) is 15.5. The molecule has 5 nitrogen and oxygen atoms in total. The molecule has 0 aliphatic rings. The zero-order valence-corrected chi connectivity index (χ0v) is 11.2. The second-order valence-corrected chi connectivity index (χ2v) is 4.46. The van der Waals surface area contributed by atoms with Gasteiger partial charge in [0.15, 0.2) is 17.5 Å². The fraction of sp³-hybridized carbons (Fsp3) is 0. The Morgan fingerprint density at radius 2 is 1.68 bits per heavy atom. The van der Waals surface area contributed by atoms with Crippen molar-refractivity contribution >= 4 is 17.1 Å². The van der Waals surface area contributed by atoms with Gasteiger partial charge in [0.05, 0.1) is 11.4 Å². The summed E-state index contributed by atoms with van der Waals surface area (Å²) in [6.45, 7) is 0. The fourth-order valence-electron chi connectivity index (χ4n) is 1.81.